The number of methoxy groups -OCH3 is 1. The molecule has 3 nitrogen and oxygen atoms in total. The molecule has 0 spiro atoms. The number of halogens is 1. The van der Waals surface area contributed by atoms with Crippen LogP contribution in [0.3, 0.4) is 0 Å². The van der Waals surface area contributed by atoms with Crippen LogP contribution in [-0.2, 0) is 0 Å². The number of hydrogen-bond donors (Lipinski definition) is 1. The lowest BCUT2D eigenvalue weighted by molar-refractivity contribution is 0.409. The Morgan fingerprint density at radius 3 is 2.50 bits per heavy atom. The zero-order valence-electron chi connectivity index (χ0n) is 10.2. The maximum absolute atomic E-state index is 5.82. The summed E-state index contributed by atoms with van der Waals surface area (Å²) in [5.41, 5.74) is 7.45. The van der Waals surface area contributed by atoms with Crippen molar-refractivity contribution >= 4 is 21.6 Å². The van der Waals surface area contributed by atoms with Crippen LogP contribution in [0.2, 0.25) is 0 Å². The molecule has 0 fully saturated rings. The number of aryl methyl sites for hydroxylation is 1. The Labute approximate surface area is 115 Å². The Hall–Kier alpha value is -1.68. The topological polar surface area (TPSA) is 44.5 Å². The van der Waals surface area contributed by atoms with Crippen molar-refractivity contribution in [3.63, 3.8) is 0 Å². The molecular weight excluding hydrogens is 294 g/mol. The van der Waals surface area contributed by atoms with Gasteiger partial charge in [-0.25, -0.2) is 0 Å². The van der Waals surface area contributed by atoms with Gasteiger partial charge in [-0.3, -0.25) is 0 Å². The molecule has 0 heterocycles. The molecule has 2 N–H and O–H groups in total. The summed E-state index contributed by atoms with van der Waals surface area (Å²) in [6.45, 7) is 1.99. The van der Waals surface area contributed by atoms with Crippen LogP contribution >= 0.6 is 15.9 Å². The zero-order chi connectivity index (χ0) is 13.1. The van der Waals surface area contributed by atoms with Crippen molar-refractivity contribution < 1.29 is 9.47 Å². The Morgan fingerprint density at radius 2 is 1.78 bits per heavy atom. The van der Waals surface area contributed by atoms with Gasteiger partial charge in [0.15, 0.2) is 0 Å². The second-order valence-corrected chi connectivity index (χ2v) is 4.87. The fourth-order valence-corrected chi connectivity index (χ4v) is 1.92. The monoisotopic (exact) mass is 307 g/mol. The molecule has 0 aliphatic rings. The van der Waals surface area contributed by atoms with Crippen molar-refractivity contribution in [2.75, 3.05) is 12.8 Å². The summed E-state index contributed by atoms with van der Waals surface area (Å²) in [5.74, 6) is 2.13. The molecule has 2 rings (SSSR count). The van der Waals surface area contributed by atoms with Crippen LogP contribution in [-0.4, -0.2) is 7.11 Å². The van der Waals surface area contributed by atoms with Gasteiger partial charge >= 0.3 is 0 Å². The Morgan fingerprint density at radius 1 is 1.06 bits per heavy atom. The van der Waals surface area contributed by atoms with Gasteiger partial charge in [-0.2, -0.15) is 0 Å². The van der Waals surface area contributed by atoms with Gasteiger partial charge in [0.2, 0.25) is 0 Å². The lowest BCUT2D eigenvalue weighted by Gasteiger charge is -2.11. The predicted molar refractivity (Wildman–Crippen MR) is 76.4 cm³/mol. The van der Waals surface area contributed by atoms with Crippen LogP contribution in [0.1, 0.15) is 5.56 Å². The summed E-state index contributed by atoms with van der Waals surface area (Å²) < 4.78 is 12.0. The summed E-state index contributed by atoms with van der Waals surface area (Å²) in [5, 5.41) is 0. The van der Waals surface area contributed by atoms with Crippen molar-refractivity contribution in [1.29, 1.82) is 0 Å². The van der Waals surface area contributed by atoms with Gasteiger partial charge in [-0.05, 0) is 24.6 Å². The minimum Gasteiger partial charge on any atom is -0.497 e. The standard InChI is InChI=1S/C14H14BrNO2/c1-9-3-4-10(15)5-14(9)18-13-7-11(16)6-12(8-13)17-2/h3-8H,16H2,1-2H3. The van der Waals surface area contributed by atoms with E-state index in [4.69, 9.17) is 15.2 Å². The van der Waals surface area contributed by atoms with Gasteiger partial charge in [0.25, 0.3) is 0 Å². The Bertz CT molecular complexity index is 570. The highest BCUT2D eigenvalue weighted by molar-refractivity contribution is 9.10. The van der Waals surface area contributed by atoms with Crippen LogP contribution in [0.5, 0.6) is 17.2 Å². The van der Waals surface area contributed by atoms with Crippen LogP contribution in [0.25, 0.3) is 0 Å². The van der Waals surface area contributed by atoms with Gasteiger partial charge in [-0.1, -0.05) is 22.0 Å². The number of nitrogens with two attached hydrogens (primary N) is 1. The van der Waals surface area contributed by atoms with Gasteiger partial charge in [0, 0.05) is 28.4 Å². The summed E-state index contributed by atoms with van der Waals surface area (Å²) >= 11 is 3.42. The second-order valence-electron chi connectivity index (χ2n) is 3.95. The second kappa shape index (κ2) is 5.31. The number of ether oxygens (including phenoxy) is 2. The molecule has 0 saturated heterocycles. The smallest absolute Gasteiger partial charge is 0.133 e. The molecule has 0 aliphatic heterocycles. The van der Waals surface area contributed by atoms with E-state index in [-0.39, 0.29) is 0 Å². The normalized spacial score (nSPS) is 10.2. The van der Waals surface area contributed by atoms with E-state index in [1.165, 1.54) is 0 Å². The van der Waals surface area contributed by atoms with E-state index < -0.39 is 0 Å². The lowest BCUT2D eigenvalue weighted by atomic mass is 10.2. The van der Waals surface area contributed by atoms with E-state index in [0.29, 0.717) is 17.2 Å². The largest absolute Gasteiger partial charge is 0.497 e. The predicted octanol–water partition coefficient (Wildman–Crippen LogP) is 4.14. The molecule has 0 aromatic heterocycles. The first-order chi connectivity index (χ1) is 8.58. The van der Waals surface area contributed by atoms with Crippen LogP contribution in [0, 0.1) is 6.92 Å². The fraction of sp³-hybridized carbons (Fsp3) is 0.143. The van der Waals surface area contributed by atoms with Crippen LogP contribution in [0.15, 0.2) is 40.9 Å². The molecule has 0 radical (unpaired) electrons. The first kappa shape index (κ1) is 12.8. The molecule has 0 amide bonds. The summed E-state index contributed by atoms with van der Waals surface area (Å²) in [4.78, 5) is 0. The third-order valence-corrected chi connectivity index (χ3v) is 3.01. The van der Waals surface area contributed by atoms with Crippen molar-refractivity contribution in [2.45, 2.75) is 6.92 Å². The number of benzene rings is 2. The fourth-order valence-electron chi connectivity index (χ4n) is 1.58. The molecule has 0 unspecified atom stereocenters. The number of hydrogen-bond acceptors (Lipinski definition) is 3. The molecule has 0 atom stereocenters. The van der Waals surface area contributed by atoms with E-state index in [1.54, 1.807) is 25.3 Å². The highest BCUT2D eigenvalue weighted by Crippen LogP contribution is 2.31. The van der Waals surface area contributed by atoms with E-state index in [2.05, 4.69) is 15.9 Å². The van der Waals surface area contributed by atoms with Crippen molar-refractivity contribution in [1.82, 2.24) is 0 Å². The highest BCUT2D eigenvalue weighted by Gasteiger charge is 2.05. The molecule has 0 bridgehead atoms. The quantitative estimate of drug-likeness (QED) is 0.867. The highest BCUT2D eigenvalue weighted by atomic mass is 79.9. The SMILES string of the molecule is COc1cc(N)cc(Oc2cc(Br)ccc2C)c1. The number of anilines is 1. The molecule has 0 aliphatic carbocycles. The van der Waals surface area contributed by atoms with Crippen LogP contribution in [0.4, 0.5) is 5.69 Å². The van der Waals surface area contributed by atoms with Gasteiger partial charge in [0.1, 0.15) is 17.2 Å². The van der Waals surface area contributed by atoms with Gasteiger partial charge in [0.05, 0.1) is 7.11 Å². The van der Waals surface area contributed by atoms with E-state index >= 15 is 0 Å². The van der Waals surface area contributed by atoms with Crippen molar-refractivity contribution in [2.24, 2.45) is 0 Å². The first-order valence-corrected chi connectivity index (χ1v) is 6.26. The van der Waals surface area contributed by atoms with Crippen LogP contribution < -0.4 is 15.2 Å². The number of nitrogen functional groups attached to an aromatic ring is 1. The maximum Gasteiger partial charge on any atom is 0.133 e. The minimum atomic E-state index is 0.608. The minimum absolute atomic E-state index is 0.608. The van der Waals surface area contributed by atoms with E-state index in [0.717, 1.165) is 15.8 Å². The molecular formula is C14H14BrNO2. The third kappa shape index (κ3) is 2.96. The molecule has 4 heteroatoms. The zero-order valence-corrected chi connectivity index (χ0v) is 11.8. The van der Waals surface area contributed by atoms with Crippen molar-refractivity contribution in [3.8, 4) is 17.2 Å². The molecule has 2 aromatic rings. The lowest BCUT2D eigenvalue weighted by Crippen LogP contribution is -1.92. The number of rotatable bonds is 3. The van der Waals surface area contributed by atoms with E-state index in [1.807, 2.05) is 25.1 Å². The molecule has 94 valence electrons. The third-order valence-electron chi connectivity index (χ3n) is 2.52. The molecule has 2 aromatic carbocycles. The van der Waals surface area contributed by atoms with Crippen molar-refractivity contribution in [3.05, 3.63) is 46.4 Å². The van der Waals surface area contributed by atoms with Gasteiger partial charge < -0.3 is 15.2 Å². The molecule has 18 heavy (non-hydrogen) atoms. The Kier molecular flexibility index (Phi) is 3.77. The Balaban J connectivity index is 2.33. The average Bonchev–Trinajstić information content (AvgIpc) is 2.33. The molecule has 0 saturated carbocycles. The van der Waals surface area contributed by atoms with Gasteiger partial charge in [-0.15, -0.1) is 0 Å². The van der Waals surface area contributed by atoms with E-state index in [9.17, 15) is 0 Å². The summed E-state index contributed by atoms with van der Waals surface area (Å²) in [6, 6.07) is 11.2. The average molecular weight is 308 g/mol. The maximum atomic E-state index is 5.82. The first-order valence-electron chi connectivity index (χ1n) is 5.47. The summed E-state index contributed by atoms with van der Waals surface area (Å²) in [6.07, 6.45) is 0. The summed E-state index contributed by atoms with van der Waals surface area (Å²) in [7, 11) is 1.60.